The van der Waals surface area contributed by atoms with Crippen molar-refractivity contribution in [1.82, 2.24) is 25.1 Å². The summed E-state index contributed by atoms with van der Waals surface area (Å²) in [6, 6.07) is 10.7. The zero-order valence-corrected chi connectivity index (χ0v) is 17.7. The number of rotatable bonds is 6. The van der Waals surface area contributed by atoms with Gasteiger partial charge < -0.3 is 9.32 Å². The summed E-state index contributed by atoms with van der Waals surface area (Å²) in [6.07, 6.45) is 1.69. The maximum Gasteiger partial charge on any atom is 0.169 e. The molecule has 0 saturated carbocycles. The molecule has 7 heteroatoms. The Morgan fingerprint density at radius 1 is 1.07 bits per heavy atom. The van der Waals surface area contributed by atoms with Crippen LogP contribution in [0.15, 0.2) is 41.0 Å². The van der Waals surface area contributed by atoms with E-state index in [0.717, 1.165) is 37.8 Å². The molecule has 0 unspecified atom stereocenters. The Kier molecular flexibility index (Phi) is 5.67. The van der Waals surface area contributed by atoms with Crippen LogP contribution in [0, 0.1) is 19.8 Å². The lowest BCUT2D eigenvalue weighted by atomic mass is 10.00. The van der Waals surface area contributed by atoms with Crippen molar-refractivity contribution >= 4 is 5.69 Å². The SMILES string of the molecule is Cc1ccc(C)c(N2CCN([C@H](c3nnnn3Cc3ccco3)C(C)C)CC2)c1. The average molecular weight is 395 g/mol. The second kappa shape index (κ2) is 8.37. The molecule has 1 saturated heterocycles. The lowest BCUT2D eigenvalue weighted by molar-refractivity contribution is 0.135. The molecule has 0 bridgehead atoms. The van der Waals surface area contributed by atoms with Crippen LogP contribution >= 0.6 is 0 Å². The van der Waals surface area contributed by atoms with Gasteiger partial charge in [0, 0.05) is 31.9 Å². The largest absolute Gasteiger partial charge is 0.467 e. The number of piperazine rings is 1. The molecule has 4 rings (SSSR count). The van der Waals surface area contributed by atoms with Crippen molar-refractivity contribution in [2.45, 2.75) is 40.3 Å². The summed E-state index contributed by atoms with van der Waals surface area (Å²) in [5.74, 6) is 2.18. The Bertz CT molecular complexity index is 925. The van der Waals surface area contributed by atoms with Crippen LogP contribution in [0.25, 0.3) is 0 Å². The molecular weight excluding hydrogens is 364 g/mol. The van der Waals surface area contributed by atoms with E-state index >= 15 is 0 Å². The van der Waals surface area contributed by atoms with E-state index in [9.17, 15) is 0 Å². The first-order valence-corrected chi connectivity index (χ1v) is 10.4. The Morgan fingerprint density at radius 3 is 2.55 bits per heavy atom. The summed E-state index contributed by atoms with van der Waals surface area (Å²) >= 11 is 0. The van der Waals surface area contributed by atoms with E-state index in [1.807, 2.05) is 16.8 Å². The van der Waals surface area contributed by atoms with Crippen molar-refractivity contribution < 1.29 is 4.42 Å². The molecule has 7 nitrogen and oxygen atoms in total. The third-order valence-corrected chi connectivity index (χ3v) is 5.75. The van der Waals surface area contributed by atoms with E-state index in [4.69, 9.17) is 4.42 Å². The van der Waals surface area contributed by atoms with Crippen molar-refractivity contribution in [2.75, 3.05) is 31.1 Å². The smallest absolute Gasteiger partial charge is 0.169 e. The fraction of sp³-hybridized carbons (Fsp3) is 0.500. The lowest BCUT2D eigenvalue weighted by Gasteiger charge is -2.41. The fourth-order valence-electron chi connectivity index (χ4n) is 4.27. The summed E-state index contributed by atoms with van der Waals surface area (Å²) < 4.78 is 7.37. The van der Waals surface area contributed by atoms with Crippen LogP contribution in [-0.2, 0) is 6.54 Å². The van der Waals surface area contributed by atoms with Gasteiger partial charge in [0.05, 0.1) is 12.3 Å². The molecule has 2 aromatic heterocycles. The minimum absolute atomic E-state index is 0.181. The molecule has 3 aromatic rings. The summed E-state index contributed by atoms with van der Waals surface area (Å²) in [6.45, 7) is 13.4. The van der Waals surface area contributed by atoms with E-state index in [0.29, 0.717) is 12.5 Å². The van der Waals surface area contributed by atoms with Gasteiger partial charge in [-0.05, 0) is 59.5 Å². The first kappa shape index (κ1) is 19.6. The van der Waals surface area contributed by atoms with E-state index in [-0.39, 0.29) is 6.04 Å². The van der Waals surface area contributed by atoms with E-state index in [1.165, 1.54) is 16.8 Å². The van der Waals surface area contributed by atoms with Crippen LogP contribution in [0.4, 0.5) is 5.69 Å². The van der Waals surface area contributed by atoms with Gasteiger partial charge in [0.2, 0.25) is 0 Å². The van der Waals surface area contributed by atoms with Gasteiger partial charge in [0.25, 0.3) is 0 Å². The predicted octanol–water partition coefficient (Wildman–Crippen LogP) is 3.45. The molecule has 0 N–H and O–H groups in total. The molecule has 3 heterocycles. The highest BCUT2D eigenvalue weighted by Crippen LogP contribution is 2.30. The highest BCUT2D eigenvalue weighted by atomic mass is 16.3. The van der Waals surface area contributed by atoms with Crippen molar-refractivity contribution in [3.8, 4) is 0 Å². The Hall–Kier alpha value is -2.67. The molecule has 0 amide bonds. The molecule has 1 aromatic carbocycles. The predicted molar refractivity (Wildman–Crippen MR) is 113 cm³/mol. The molecule has 29 heavy (non-hydrogen) atoms. The zero-order valence-electron chi connectivity index (χ0n) is 17.7. The minimum atomic E-state index is 0.181. The molecule has 0 radical (unpaired) electrons. The molecule has 1 atom stereocenters. The van der Waals surface area contributed by atoms with Crippen LogP contribution in [0.1, 0.15) is 42.6 Å². The Balaban J connectivity index is 1.50. The molecule has 1 aliphatic rings. The van der Waals surface area contributed by atoms with E-state index < -0.39 is 0 Å². The zero-order chi connectivity index (χ0) is 20.4. The number of aromatic nitrogens is 4. The highest BCUT2D eigenvalue weighted by molar-refractivity contribution is 5.55. The number of benzene rings is 1. The molecule has 0 spiro atoms. The number of hydrogen-bond donors (Lipinski definition) is 0. The van der Waals surface area contributed by atoms with Crippen LogP contribution < -0.4 is 4.90 Å². The third kappa shape index (κ3) is 4.19. The van der Waals surface area contributed by atoms with Crippen LogP contribution in [0.5, 0.6) is 0 Å². The van der Waals surface area contributed by atoms with E-state index in [2.05, 4.69) is 71.2 Å². The van der Waals surface area contributed by atoms with Crippen molar-refractivity contribution in [3.63, 3.8) is 0 Å². The van der Waals surface area contributed by atoms with Gasteiger partial charge in [-0.1, -0.05) is 26.0 Å². The summed E-state index contributed by atoms with van der Waals surface area (Å²) in [5, 5.41) is 12.6. The third-order valence-electron chi connectivity index (χ3n) is 5.75. The van der Waals surface area contributed by atoms with Crippen LogP contribution in [-0.4, -0.2) is 51.3 Å². The number of hydrogen-bond acceptors (Lipinski definition) is 6. The summed E-state index contributed by atoms with van der Waals surface area (Å²) in [4.78, 5) is 5.03. The van der Waals surface area contributed by atoms with Gasteiger partial charge in [-0.3, -0.25) is 4.90 Å². The number of tetrazole rings is 1. The number of anilines is 1. The topological polar surface area (TPSA) is 63.2 Å². The molecule has 0 aliphatic carbocycles. The van der Waals surface area contributed by atoms with Gasteiger partial charge in [0.1, 0.15) is 12.3 Å². The monoisotopic (exact) mass is 394 g/mol. The van der Waals surface area contributed by atoms with Gasteiger partial charge in [-0.2, -0.15) is 0 Å². The maximum atomic E-state index is 5.49. The maximum absolute atomic E-state index is 5.49. The molecule has 154 valence electrons. The Labute approximate surface area is 172 Å². The van der Waals surface area contributed by atoms with Crippen LogP contribution in [0.2, 0.25) is 0 Å². The number of nitrogens with zero attached hydrogens (tertiary/aromatic N) is 6. The summed E-state index contributed by atoms with van der Waals surface area (Å²) in [5.41, 5.74) is 4.01. The van der Waals surface area contributed by atoms with Gasteiger partial charge >= 0.3 is 0 Å². The Morgan fingerprint density at radius 2 is 1.86 bits per heavy atom. The van der Waals surface area contributed by atoms with Crippen molar-refractivity contribution in [1.29, 1.82) is 0 Å². The van der Waals surface area contributed by atoms with Crippen molar-refractivity contribution in [3.05, 3.63) is 59.3 Å². The van der Waals surface area contributed by atoms with Gasteiger partial charge in [-0.25, -0.2) is 4.68 Å². The molecule has 1 fully saturated rings. The standard InChI is InChI=1S/C22H30N6O/c1-16(2)21(22-23-24-25-28(22)15-19-6-5-13-29-19)27-11-9-26(10-12-27)20-14-17(3)7-8-18(20)4/h5-8,13-14,16,21H,9-12,15H2,1-4H3/t21-/m0/s1. The fourth-order valence-corrected chi connectivity index (χ4v) is 4.27. The second-order valence-electron chi connectivity index (χ2n) is 8.28. The first-order chi connectivity index (χ1) is 14.0. The average Bonchev–Trinajstić information content (AvgIpc) is 3.37. The number of furan rings is 1. The van der Waals surface area contributed by atoms with Gasteiger partial charge in [0.15, 0.2) is 5.82 Å². The van der Waals surface area contributed by atoms with Gasteiger partial charge in [-0.15, -0.1) is 5.10 Å². The highest BCUT2D eigenvalue weighted by Gasteiger charge is 2.31. The lowest BCUT2D eigenvalue weighted by Crippen LogP contribution is -2.49. The normalized spacial score (nSPS) is 16.5. The van der Waals surface area contributed by atoms with Crippen molar-refractivity contribution in [2.24, 2.45) is 5.92 Å². The molecule has 1 aliphatic heterocycles. The second-order valence-corrected chi connectivity index (χ2v) is 8.28. The number of aryl methyl sites for hydroxylation is 2. The molecular formula is C22H30N6O. The quantitative estimate of drug-likeness (QED) is 0.638. The summed E-state index contributed by atoms with van der Waals surface area (Å²) in [7, 11) is 0. The minimum Gasteiger partial charge on any atom is -0.467 e. The van der Waals surface area contributed by atoms with Crippen LogP contribution in [0.3, 0.4) is 0 Å². The first-order valence-electron chi connectivity index (χ1n) is 10.4. The van der Waals surface area contributed by atoms with E-state index in [1.54, 1.807) is 6.26 Å².